The highest BCUT2D eigenvalue weighted by Gasteiger charge is 2.40. The Kier molecular flexibility index (Phi) is 4.43. The zero-order valence-electron chi connectivity index (χ0n) is 18.5. The second-order valence-electron chi connectivity index (χ2n) is 8.96. The van der Waals surface area contributed by atoms with E-state index in [9.17, 15) is 14.7 Å². The van der Waals surface area contributed by atoms with Crippen molar-refractivity contribution in [1.82, 2.24) is 13.7 Å². The molecule has 3 heterocycles. The molecular formula is C25H25N3O4. The van der Waals surface area contributed by atoms with Crippen LogP contribution >= 0.6 is 0 Å². The van der Waals surface area contributed by atoms with Gasteiger partial charge < -0.3 is 14.4 Å². The van der Waals surface area contributed by atoms with Crippen molar-refractivity contribution in [2.24, 2.45) is 14.1 Å². The van der Waals surface area contributed by atoms with Crippen LogP contribution in [0.2, 0.25) is 0 Å². The molecule has 4 aromatic rings. The van der Waals surface area contributed by atoms with Crippen LogP contribution in [-0.4, -0.2) is 25.4 Å². The van der Waals surface area contributed by atoms with E-state index in [0.717, 1.165) is 27.1 Å². The summed E-state index contributed by atoms with van der Waals surface area (Å²) < 4.78 is 11.2. The fourth-order valence-electron chi connectivity index (χ4n) is 4.77. The van der Waals surface area contributed by atoms with Gasteiger partial charge in [-0.05, 0) is 37.1 Å². The molecule has 0 spiro atoms. The molecule has 1 aliphatic rings. The summed E-state index contributed by atoms with van der Waals surface area (Å²) in [6.07, 6.45) is -0.499. The Morgan fingerprint density at radius 1 is 0.969 bits per heavy atom. The van der Waals surface area contributed by atoms with E-state index in [1.807, 2.05) is 42.5 Å². The molecule has 1 aliphatic heterocycles. The monoisotopic (exact) mass is 431 g/mol. The van der Waals surface area contributed by atoms with Crippen LogP contribution in [0.1, 0.15) is 31.2 Å². The highest BCUT2D eigenvalue weighted by Crippen LogP contribution is 2.45. The maximum absolute atomic E-state index is 13.5. The fraction of sp³-hybridized carbons (Fsp3) is 0.280. The minimum Gasteiger partial charge on any atom is -0.508 e. The van der Waals surface area contributed by atoms with Crippen molar-refractivity contribution in [2.45, 2.75) is 25.5 Å². The molecule has 0 aliphatic carbocycles. The van der Waals surface area contributed by atoms with Gasteiger partial charge >= 0.3 is 5.69 Å². The molecule has 1 atom stereocenters. The molecule has 0 radical (unpaired) electrons. The number of aromatic hydroxyl groups is 1. The minimum absolute atomic E-state index is 0.163. The zero-order chi connectivity index (χ0) is 22.8. The Hall–Kier alpha value is -3.58. The van der Waals surface area contributed by atoms with Crippen molar-refractivity contribution in [1.29, 1.82) is 0 Å². The molecule has 0 saturated carbocycles. The van der Waals surface area contributed by atoms with Crippen LogP contribution in [0.15, 0.2) is 64.2 Å². The SMILES string of the molecule is Cn1c(=O)c2c(-c3ccccc3)n3c(c2n(C)c1=O)[C@H](c1ccc(O)cc1)OCC3(C)C. The van der Waals surface area contributed by atoms with Gasteiger partial charge in [0, 0.05) is 14.1 Å². The predicted octanol–water partition coefficient (Wildman–Crippen LogP) is 3.27. The number of fused-ring (bicyclic) bond motifs is 3. The van der Waals surface area contributed by atoms with E-state index in [0.29, 0.717) is 17.5 Å². The third-order valence-electron chi connectivity index (χ3n) is 6.31. The molecule has 1 N–H and O–H groups in total. The summed E-state index contributed by atoms with van der Waals surface area (Å²) in [5, 5.41) is 10.3. The standard InChI is InChI=1S/C25H25N3O4/c1-25(2)14-32-22(16-10-12-17(29)13-11-16)21-20-18(23(30)27(4)24(31)26(20)3)19(28(21)25)15-8-6-5-7-9-15/h5-13,22,29H,14H2,1-4H3/t22-/m0/s1. The first-order valence-corrected chi connectivity index (χ1v) is 10.5. The summed E-state index contributed by atoms with van der Waals surface area (Å²) in [7, 11) is 3.20. The molecule has 0 bridgehead atoms. The van der Waals surface area contributed by atoms with Crippen molar-refractivity contribution in [3.63, 3.8) is 0 Å². The Morgan fingerprint density at radius 2 is 1.62 bits per heavy atom. The molecule has 164 valence electrons. The molecule has 0 amide bonds. The number of ether oxygens (including phenoxy) is 1. The Morgan fingerprint density at radius 3 is 2.28 bits per heavy atom. The number of phenols is 1. The number of aryl methyl sites for hydroxylation is 1. The van der Waals surface area contributed by atoms with E-state index >= 15 is 0 Å². The molecule has 7 heteroatoms. The number of nitrogens with zero attached hydrogens (tertiary/aromatic N) is 3. The lowest BCUT2D eigenvalue weighted by atomic mass is 9.98. The first-order valence-electron chi connectivity index (χ1n) is 10.5. The van der Waals surface area contributed by atoms with Gasteiger partial charge in [0.15, 0.2) is 0 Å². The summed E-state index contributed by atoms with van der Waals surface area (Å²) in [4.78, 5) is 26.4. The predicted molar refractivity (Wildman–Crippen MR) is 123 cm³/mol. The zero-order valence-corrected chi connectivity index (χ0v) is 18.5. The Balaban J connectivity index is 2.01. The first kappa shape index (κ1) is 20.3. The smallest absolute Gasteiger partial charge is 0.331 e. The molecule has 2 aromatic heterocycles. The van der Waals surface area contributed by atoms with Crippen LogP contribution < -0.4 is 11.2 Å². The molecule has 7 nitrogen and oxygen atoms in total. The number of rotatable bonds is 2. The minimum atomic E-state index is -0.499. The summed E-state index contributed by atoms with van der Waals surface area (Å²) in [5.74, 6) is 0.163. The average Bonchev–Trinajstić information content (AvgIpc) is 3.15. The normalized spacial score (nSPS) is 17.4. The summed E-state index contributed by atoms with van der Waals surface area (Å²) in [6, 6.07) is 16.6. The topological polar surface area (TPSA) is 78.4 Å². The number of benzene rings is 2. The number of aromatic nitrogens is 3. The molecule has 2 aromatic carbocycles. The van der Waals surface area contributed by atoms with Crippen LogP contribution in [0.4, 0.5) is 0 Å². The van der Waals surface area contributed by atoms with Gasteiger partial charge in [0.1, 0.15) is 11.9 Å². The van der Waals surface area contributed by atoms with Gasteiger partial charge in [0.25, 0.3) is 5.56 Å². The van der Waals surface area contributed by atoms with Crippen LogP contribution in [0.3, 0.4) is 0 Å². The van der Waals surface area contributed by atoms with Gasteiger partial charge in [-0.1, -0.05) is 42.5 Å². The first-order chi connectivity index (χ1) is 15.2. The number of hydrogen-bond donors (Lipinski definition) is 1. The van der Waals surface area contributed by atoms with Crippen LogP contribution in [0, 0.1) is 0 Å². The quantitative estimate of drug-likeness (QED) is 0.528. The second-order valence-corrected chi connectivity index (χ2v) is 8.96. The van der Waals surface area contributed by atoms with Crippen LogP contribution in [0.5, 0.6) is 5.75 Å². The Bertz CT molecular complexity index is 1460. The Labute approximate surface area is 184 Å². The van der Waals surface area contributed by atoms with E-state index in [1.165, 1.54) is 11.6 Å². The number of phenolic OH excluding ortho intramolecular Hbond substituents is 1. The van der Waals surface area contributed by atoms with Gasteiger partial charge in [-0.25, -0.2) is 4.79 Å². The average molecular weight is 431 g/mol. The van der Waals surface area contributed by atoms with Gasteiger partial charge in [-0.3, -0.25) is 13.9 Å². The van der Waals surface area contributed by atoms with Gasteiger partial charge in [-0.15, -0.1) is 0 Å². The lowest BCUT2D eigenvalue weighted by Gasteiger charge is -2.39. The van der Waals surface area contributed by atoms with E-state index in [2.05, 4.69) is 18.4 Å². The largest absolute Gasteiger partial charge is 0.508 e. The highest BCUT2D eigenvalue weighted by atomic mass is 16.5. The molecule has 5 rings (SSSR count). The summed E-state index contributed by atoms with van der Waals surface area (Å²) in [6.45, 7) is 4.55. The molecular weight excluding hydrogens is 406 g/mol. The van der Waals surface area contributed by atoms with Crippen molar-refractivity contribution in [2.75, 3.05) is 6.61 Å². The molecule has 0 unspecified atom stereocenters. The van der Waals surface area contributed by atoms with Crippen molar-refractivity contribution < 1.29 is 9.84 Å². The summed E-state index contributed by atoms with van der Waals surface area (Å²) in [5.41, 5.74) is 2.68. The van der Waals surface area contributed by atoms with E-state index < -0.39 is 11.6 Å². The molecule has 0 fully saturated rings. The second kappa shape index (κ2) is 6.97. The maximum atomic E-state index is 13.5. The van der Waals surface area contributed by atoms with E-state index in [-0.39, 0.29) is 17.0 Å². The number of hydrogen-bond acceptors (Lipinski definition) is 4. The molecule has 32 heavy (non-hydrogen) atoms. The van der Waals surface area contributed by atoms with Crippen molar-refractivity contribution >= 4 is 10.9 Å². The summed E-state index contributed by atoms with van der Waals surface area (Å²) >= 11 is 0. The van der Waals surface area contributed by atoms with E-state index in [4.69, 9.17) is 4.74 Å². The third kappa shape index (κ3) is 2.78. The third-order valence-corrected chi connectivity index (χ3v) is 6.31. The van der Waals surface area contributed by atoms with E-state index in [1.54, 1.807) is 19.2 Å². The van der Waals surface area contributed by atoms with Gasteiger partial charge in [-0.2, -0.15) is 0 Å². The van der Waals surface area contributed by atoms with Crippen LogP contribution in [-0.2, 0) is 24.4 Å². The highest BCUT2D eigenvalue weighted by molar-refractivity contribution is 5.96. The van der Waals surface area contributed by atoms with Crippen molar-refractivity contribution in [3.05, 3.63) is 86.7 Å². The maximum Gasteiger partial charge on any atom is 0.331 e. The molecule has 0 saturated heterocycles. The lowest BCUT2D eigenvalue weighted by molar-refractivity contribution is -0.00708. The van der Waals surface area contributed by atoms with Gasteiger partial charge in [0.2, 0.25) is 0 Å². The lowest BCUT2D eigenvalue weighted by Crippen LogP contribution is -2.40. The van der Waals surface area contributed by atoms with Crippen LogP contribution in [0.25, 0.3) is 22.2 Å². The van der Waals surface area contributed by atoms with Gasteiger partial charge in [0.05, 0.1) is 34.4 Å². The fourth-order valence-corrected chi connectivity index (χ4v) is 4.77. The van der Waals surface area contributed by atoms with Crippen molar-refractivity contribution in [3.8, 4) is 17.0 Å².